The summed E-state index contributed by atoms with van der Waals surface area (Å²) >= 11 is 1.37. The highest BCUT2D eigenvalue weighted by molar-refractivity contribution is 7.12. The van der Waals surface area contributed by atoms with Crippen molar-refractivity contribution < 1.29 is 9.59 Å². The first-order chi connectivity index (χ1) is 11.6. The second-order valence-electron chi connectivity index (χ2n) is 5.72. The van der Waals surface area contributed by atoms with Crippen LogP contribution in [0.4, 0.5) is 0 Å². The number of amides is 2. The minimum atomic E-state index is -0.581. The fourth-order valence-corrected chi connectivity index (χ4v) is 3.12. The third-order valence-corrected chi connectivity index (χ3v) is 4.85. The van der Waals surface area contributed by atoms with Crippen LogP contribution in [0, 0.1) is 0 Å². The summed E-state index contributed by atoms with van der Waals surface area (Å²) in [6.45, 7) is 4.09. The van der Waals surface area contributed by atoms with Gasteiger partial charge in [-0.1, -0.05) is 50.2 Å². The minimum Gasteiger partial charge on any atom is -0.352 e. The number of rotatable bonds is 8. The van der Waals surface area contributed by atoms with Gasteiger partial charge in [0, 0.05) is 12.5 Å². The maximum Gasteiger partial charge on any atom is 0.262 e. The molecule has 1 atom stereocenters. The molecule has 0 bridgehead atoms. The van der Waals surface area contributed by atoms with E-state index >= 15 is 0 Å². The van der Waals surface area contributed by atoms with E-state index in [1.807, 2.05) is 55.6 Å². The Bertz CT molecular complexity index is 637. The number of hydrogen-bond donors (Lipinski definition) is 2. The fourth-order valence-electron chi connectivity index (χ4n) is 2.49. The zero-order valence-corrected chi connectivity index (χ0v) is 14.9. The maximum atomic E-state index is 12.7. The zero-order chi connectivity index (χ0) is 17.4. The lowest BCUT2D eigenvalue weighted by atomic mass is 10.0. The van der Waals surface area contributed by atoms with Gasteiger partial charge in [-0.05, 0) is 29.9 Å². The minimum absolute atomic E-state index is 0.127. The number of carbonyl (C=O) groups is 2. The number of thiophene rings is 1. The van der Waals surface area contributed by atoms with E-state index in [2.05, 4.69) is 10.6 Å². The third kappa shape index (κ3) is 5.20. The lowest BCUT2D eigenvalue weighted by Gasteiger charge is -2.22. The van der Waals surface area contributed by atoms with Crippen LogP contribution in [0.15, 0.2) is 47.8 Å². The van der Waals surface area contributed by atoms with E-state index in [4.69, 9.17) is 0 Å². The molecule has 2 rings (SSSR count). The van der Waals surface area contributed by atoms with Crippen LogP contribution in [-0.4, -0.2) is 23.9 Å². The highest BCUT2D eigenvalue weighted by Gasteiger charge is 2.23. The Morgan fingerprint density at radius 2 is 1.71 bits per heavy atom. The summed E-state index contributed by atoms with van der Waals surface area (Å²) in [4.78, 5) is 25.6. The molecule has 2 N–H and O–H groups in total. The summed E-state index contributed by atoms with van der Waals surface area (Å²) < 4.78 is 0. The monoisotopic (exact) mass is 344 g/mol. The van der Waals surface area contributed by atoms with E-state index in [1.165, 1.54) is 11.3 Å². The third-order valence-electron chi connectivity index (χ3n) is 3.98. The van der Waals surface area contributed by atoms with Crippen LogP contribution in [0.2, 0.25) is 0 Å². The molecular formula is C19H24N2O2S. The van der Waals surface area contributed by atoms with Gasteiger partial charge in [-0.15, -0.1) is 11.3 Å². The summed E-state index contributed by atoms with van der Waals surface area (Å²) in [5, 5.41) is 7.77. The number of carbonyl (C=O) groups excluding carboxylic acids is 2. The Balaban J connectivity index is 2.11. The standard InChI is InChI=1S/C19H24N2O2S/c1-3-15(4-2)20-18(22)16(13-14-9-6-5-7-10-14)21-19(23)17-11-8-12-24-17/h5-12,15-16H,3-4,13H2,1-2H3,(H,20,22)(H,21,23). The second kappa shape index (κ2) is 9.23. The van der Waals surface area contributed by atoms with Crippen molar-refractivity contribution in [2.45, 2.75) is 45.2 Å². The van der Waals surface area contributed by atoms with Crippen LogP contribution in [0.5, 0.6) is 0 Å². The van der Waals surface area contributed by atoms with Gasteiger partial charge in [0.1, 0.15) is 6.04 Å². The average Bonchev–Trinajstić information content (AvgIpc) is 3.14. The van der Waals surface area contributed by atoms with Crippen molar-refractivity contribution in [1.82, 2.24) is 10.6 Å². The summed E-state index contributed by atoms with van der Waals surface area (Å²) in [5.41, 5.74) is 1.02. The molecule has 0 aliphatic rings. The molecule has 0 fully saturated rings. The molecule has 0 spiro atoms. The van der Waals surface area contributed by atoms with Gasteiger partial charge >= 0.3 is 0 Å². The summed E-state index contributed by atoms with van der Waals surface area (Å²) in [6, 6.07) is 12.9. The number of hydrogen-bond acceptors (Lipinski definition) is 3. The predicted octanol–water partition coefficient (Wildman–Crippen LogP) is 3.39. The molecule has 4 nitrogen and oxygen atoms in total. The molecule has 0 aliphatic carbocycles. The molecule has 5 heteroatoms. The van der Waals surface area contributed by atoms with Gasteiger partial charge < -0.3 is 10.6 Å². The van der Waals surface area contributed by atoms with Crippen LogP contribution in [0.25, 0.3) is 0 Å². The molecule has 1 aromatic carbocycles. The fraction of sp³-hybridized carbons (Fsp3) is 0.368. The Labute approximate surface area is 147 Å². The van der Waals surface area contributed by atoms with Crippen molar-refractivity contribution in [3.05, 3.63) is 58.3 Å². The summed E-state index contributed by atoms with van der Waals surface area (Å²) in [7, 11) is 0. The van der Waals surface area contributed by atoms with Crippen molar-refractivity contribution in [2.75, 3.05) is 0 Å². The second-order valence-corrected chi connectivity index (χ2v) is 6.66. The normalized spacial score (nSPS) is 12.0. The van der Waals surface area contributed by atoms with Gasteiger partial charge in [-0.2, -0.15) is 0 Å². The van der Waals surface area contributed by atoms with Crippen LogP contribution in [0.1, 0.15) is 41.9 Å². The van der Waals surface area contributed by atoms with Gasteiger partial charge in [-0.3, -0.25) is 9.59 Å². The molecule has 0 saturated heterocycles. The highest BCUT2D eigenvalue weighted by atomic mass is 32.1. The quantitative estimate of drug-likeness (QED) is 0.771. The smallest absolute Gasteiger partial charge is 0.262 e. The molecule has 24 heavy (non-hydrogen) atoms. The van der Waals surface area contributed by atoms with Crippen molar-refractivity contribution in [2.24, 2.45) is 0 Å². The largest absolute Gasteiger partial charge is 0.352 e. The topological polar surface area (TPSA) is 58.2 Å². The molecule has 2 amide bonds. The van der Waals surface area contributed by atoms with Gasteiger partial charge in [0.15, 0.2) is 0 Å². The Kier molecular flexibility index (Phi) is 7.00. The lowest BCUT2D eigenvalue weighted by molar-refractivity contribution is -0.123. The van der Waals surface area contributed by atoms with Gasteiger partial charge in [0.25, 0.3) is 5.91 Å². The average molecular weight is 344 g/mol. The van der Waals surface area contributed by atoms with E-state index in [9.17, 15) is 9.59 Å². The zero-order valence-electron chi connectivity index (χ0n) is 14.1. The Morgan fingerprint density at radius 1 is 1.00 bits per heavy atom. The molecule has 1 aromatic heterocycles. The molecule has 1 unspecified atom stereocenters. The molecule has 0 radical (unpaired) electrons. The number of nitrogens with one attached hydrogen (secondary N) is 2. The van der Waals surface area contributed by atoms with Crippen molar-refractivity contribution >= 4 is 23.2 Å². The first-order valence-corrected chi connectivity index (χ1v) is 9.20. The predicted molar refractivity (Wildman–Crippen MR) is 98.2 cm³/mol. The molecule has 1 heterocycles. The molecule has 128 valence electrons. The maximum absolute atomic E-state index is 12.7. The molecule has 2 aromatic rings. The van der Waals surface area contributed by atoms with Crippen molar-refractivity contribution in [3.63, 3.8) is 0 Å². The Hall–Kier alpha value is -2.14. The van der Waals surface area contributed by atoms with Crippen LogP contribution in [-0.2, 0) is 11.2 Å². The van der Waals surface area contributed by atoms with Gasteiger partial charge in [0.05, 0.1) is 4.88 Å². The highest BCUT2D eigenvalue weighted by Crippen LogP contribution is 2.10. The van der Waals surface area contributed by atoms with Gasteiger partial charge in [-0.25, -0.2) is 0 Å². The van der Waals surface area contributed by atoms with Crippen molar-refractivity contribution in [1.29, 1.82) is 0 Å². The van der Waals surface area contributed by atoms with Crippen molar-refractivity contribution in [3.8, 4) is 0 Å². The first kappa shape index (κ1) is 18.2. The molecular weight excluding hydrogens is 320 g/mol. The molecule has 0 aliphatic heterocycles. The summed E-state index contributed by atoms with van der Waals surface area (Å²) in [6.07, 6.45) is 2.22. The van der Waals surface area contributed by atoms with E-state index in [1.54, 1.807) is 6.07 Å². The summed E-state index contributed by atoms with van der Waals surface area (Å²) in [5.74, 6) is -0.330. The first-order valence-electron chi connectivity index (χ1n) is 8.32. The van der Waals surface area contributed by atoms with E-state index in [-0.39, 0.29) is 17.9 Å². The molecule has 0 saturated carbocycles. The SMILES string of the molecule is CCC(CC)NC(=O)C(Cc1ccccc1)NC(=O)c1cccs1. The lowest BCUT2D eigenvalue weighted by Crippen LogP contribution is -2.50. The number of benzene rings is 1. The van der Waals surface area contributed by atoms with Crippen LogP contribution in [0.3, 0.4) is 0 Å². The van der Waals surface area contributed by atoms with Gasteiger partial charge in [0.2, 0.25) is 5.91 Å². The van der Waals surface area contributed by atoms with E-state index < -0.39 is 6.04 Å². The van der Waals surface area contributed by atoms with Crippen LogP contribution >= 0.6 is 11.3 Å². The van der Waals surface area contributed by atoms with E-state index in [0.29, 0.717) is 11.3 Å². The van der Waals surface area contributed by atoms with Crippen LogP contribution < -0.4 is 10.6 Å². The van der Waals surface area contributed by atoms with E-state index in [0.717, 1.165) is 18.4 Å². The Morgan fingerprint density at radius 3 is 2.29 bits per heavy atom.